The molecule has 4 nitrogen and oxygen atoms in total. The average molecular weight is 237 g/mol. The van der Waals surface area contributed by atoms with Gasteiger partial charge < -0.3 is 10.1 Å². The van der Waals surface area contributed by atoms with Gasteiger partial charge in [-0.25, -0.2) is 9.97 Å². The zero-order valence-corrected chi connectivity index (χ0v) is 11.1. The van der Waals surface area contributed by atoms with Crippen LogP contribution in [0.3, 0.4) is 0 Å². The summed E-state index contributed by atoms with van der Waals surface area (Å²) in [5, 5.41) is 3.36. The molecular formula is C13H23N3O. The standard InChI is InChI=1S/C13H23N3O/c1-4-7-14-9-12-10-15-13(16-11(12)3)6-8-17-5-2/h10,14H,4-9H2,1-3H3. The van der Waals surface area contributed by atoms with Crippen molar-refractivity contribution in [1.82, 2.24) is 15.3 Å². The number of ether oxygens (including phenoxy) is 1. The molecule has 1 rings (SSSR count). The first kappa shape index (κ1) is 14.1. The van der Waals surface area contributed by atoms with Crippen LogP contribution in [0.4, 0.5) is 0 Å². The van der Waals surface area contributed by atoms with Crippen molar-refractivity contribution in [2.75, 3.05) is 19.8 Å². The van der Waals surface area contributed by atoms with Crippen molar-refractivity contribution in [3.8, 4) is 0 Å². The maximum Gasteiger partial charge on any atom is 0.130 e. The van der Waals surface area contributed by atoms with Crippen molar-refractivity contribution in [3.63, 3.8) is 0 Å². The predicted octanol–water partition coefficient (Wildman–Crippen LogP) is 1.86. The smallest absolute Gasteiger partial charge is 0.130 e. The summed E-state index contributed by atoms with van der Waals surface area (Å²) in [6.07, 6.45) is 3.86. The molecule has 1 aromatic heterocycles. The first-order valence-electron chi connectivity index (χ1n) is 6.37. The second-order valence-electron chi connectivity index (χ2n) is 4.02. The van der Waals surface area contributed by atoms with Gasteiger partial charge in [0, 0.05) is 37.0 Å². The lowest BCUT2D eigenvalue weighted by Crippen LogP contribution is -2.16. The molecule has 0 unspecified atom stereocenters. The van der Waals surface area contributed by atoms with E-state index >= 15 is 0 Å². The second kappa shape index (κ2) is 8.14. The Labute approximate surface area is 104 Å². The second-order valence-corrected chi connectivity index (χ2v) is 4.02. The zero-order valence-electron chi connectivity index (χ0n) is 11.1. The molecule has 1 heterocycles. The Morgan fingerprint density at radius 1 is 1.35 bits per heavy atom. The summed E-state index contributed by atoms with van der Waals surface area (Å²) in [5.74, 6) is 0.871. The average Bonchev–Trinajstić information content (AvgIpc) is 2.32. The van der Waals surface area contributed by atoms with E-state index in [1.54, 1.807) is 0 Å². The first-order valence-corrected chi connectivity index (χ1v) is 6.37. The number of rotatable bonds is 8. The van der Waals surface area contributed by atoms with Crippen LogP contribution in [0.25, 0.3) is 0 Å². The van der Waals surface area contributed by atoms with Crippen LogP contribution in [-0.2, 0) is 17.7 Å². The molecule has 0 aliphatic heterocycles. The fourth-order valence-electron chi connectivity index (χ4n) is 1.54. The normalized spacial score (nSPS) is 10.8. The molecule has 0 aliphatic carbocycles. The Kier molecular flexibility index (Phi) is 6.74. The molecule has 0 fully saturated rings. The monoisotopic (exact) mass is 237 g/mol. The summed E-state index contributed by atoms with van der Waals surface area (Å²) < 4.78 is 5.29. The third kappa shape index (κ3) is 5.24. The van der Waals surface area contributed by atoms with E-state index in [1.807, 2.05) is 20.0 Å². The highest BCUT2D eigenvalue weighted by Gasteiger charge is 2.03. The lowest BCUT2D eigenvalue weighted by Gasteiger charge is -2.08. The summed E-state index contributed by atoms with van der Waals surface area (Å²) in [4.78, 5) is 8.85. The van der Waals surface area contributed by atoms with Gasteiger partial charge in [-0.3, -0.25) is 0 Å². The minimum absolute atomic E-state index is 0.698. The van der Waals surface area contributed by atoms with Gasteiger partial charge in [0.1, 0.15) is 5.82 Å². The topological polar surface area (TPSA) is 47.0 Å². The molecule has 0 bridgehead atoms. The molecule has 1 N–H and O–H groups in total. The molecule has 0 aliphatic rings. The molecule has 0 saturated carbocycles. The van der Waals surface area contributed by atoms with Crippen LogP contribution < -0.4 is 5.32 Å². The zero-order chi connectivity index (χ0) is 12.5. The Hall–Kier alpha value is -1.00. The van der Waals surface area contributed by atoms with E-state index in [0.29, 0.717) is 6.61 Å². The van der Waals surface area contributed by atoms with Crippen LogP contribution in [0.5, 0.6) is 0 Å². The van der Waals surface area contributed by atoms with Crippen molar-refractivity contribution in [1.29, 1.82) is 0 Å². The Balaban J connectivity index is 2.47. The SMILES string of the molecule is CCCNCc1cnc(CCOCC)nc1C. The highest BCUT2D eigenvalue weighted by Crippen LogP contribution is 2.04. The number of hydrogen-bond donors (Lipinski definition) is 1. The summed E-state index contributed by atoms with van der Waals surface area (Å²) in [6, 6.07) is 0. The van der Waals surface area contributed by atoms with Crippen molar-refractivity contribution in [3.05, 3.63) is 23.3 Å². The molecule has 0 aromatic carbocycles. The van der Waals surface area contributed by atoms with Crippen LogP contribution in [-0.4, -0.2) is 29.7 Å². The van der Waals surface area contributed by atoms with E-state index in [2.05, 4.69) is 22.2 Å². The van der Waals surface area contributed by atoms with Crippen LogP contribution in [0.2, 0.25) is 0 Å². The van der Waals surface area contributed by atoms with Gasteiger partial charge in [0.25, 0.3) is 0 Å². The van der Waals surface area contributed by atoms with Crippen LogP contribution in [0, 0.1) is 6.92 Å². The third-order valence-electron chi connectivity index (χ3n) is 2.55. The van der Waals surface area contributed by atoms with Crippen molar-refractivity contribution in [2.24, 2.45) is 0 Å². The van der Waals surface area contributed by atoms with Crippen molar-refractivity contribution in [2.45, 2.75) is 40.2 Å². The van der Waals surface area contributed by atoms with E-state index in [4.69, 9.17) is 4.74 Å². The highest BCUT2D eigenvalue weighted by molar-refractivity contribution is 5.15. The van der Waals surface area contributed by atoms with E-state index in [1.165, 1.54) is 5.56 Å². The van der Waals surface area contributed by atoms with Gasteiger partial charge in [0.15, 0.2) is 0 Å². The van der Waals surface area contributed by atoms with E-state index in [9.17, 15) is 0 Å². The van der Waals surface area contributed by atoms with Crippen LogP contribution >= 0.6 is 0 Å². The van der Waals surface area contributed by atoms with Crippen LogP contribution in [0.15, 0.2) is 6.20 Å². The first-order chi connectivity index (χ1) is 8.27. The number of nitrogens with one attached hydrogen (secondary N) is 1. The van der Waals surface area contributed by atoms with Crippen LogP contribution in [0.1, 0.15) is 37.4 Å². The van der Waals surface area contributed by atoms with Crippen molar-refractivity contribution < 1.29 is 4.74 Å². The lowest BCUT2D eigenvalue weighted by molar-refractivity contribution is 0.149. The van der Waals surface area contributed by atoms with E-state index in [0.717, 1.165) is 44.1 Å². The van der Waals surface area contributed by atoms with E-state index in [-0.39, 0.29) is 0 Å². The number of aromatic nitrogens is 2. The van der Waals surface area contributed by atoms with Gasteiger partial charge in [-0.1, -0.05) is 6.92 Å². The van der Waals surface area contributed by atoms with Crippen molar-refractivity contribution >= 4 is 0 Å². The van der Waals surface area contributed by atoms with Gasteiger partial charge >= 0.3 is 0 Å². The van der Waals surface area contributed by atoms with Gasteiger partial charge in [-0.15, -0.1) is 0 Å². The maximum atomic E-state index is 5.29. The molecule has 0 atom stereocenters. The lowest BCUT2D eigenvalue weighted by atomic mass is 10.2. The fourth-order valence-corrected chi connectivity index (χ4v) is 1.54. The Morgan fingerprint density at radius 2 is 2.18 bits per heavy atom. The summed E-state index contributed by atoms with van der Waals surface area (Å²) in [5.41, 5.74) is 2.24. The number of nitrogens with zero attached hydrogens (tertiary/aromatic N) is 2. The highest BCUT2D eigenvalue weighted by atomic mass is 16.5. The minimum atomic E-state index is 0.698. The molecule has 0 radical (unpaired) electrons. The summed E-state index contributed by atoms with van der Waals surface area (Å²) in [6.45, 7) is 9.52. The molecule has 17 heavy (non-hydrogen) atoms. The van der Waals surface area contributed by atoms with Gasteiger partial charge in [-0.05, 0) is 26.8 Å². The van der Waals surface area contributed by atoms with Gasteiger partial charge in [-0.2, -0.15) is 0 Å². The van der Waals surface area contributed by atoms with Gasteiger partial charge in [0.2, 0.25) is 0 Å². The summed E-state index contributed by atoms with van der Waals surface area (Å²) >= 11 is 0. The van der Waals surface area contributed by atoms with E-state index < -0.39 is 0 Å². The minimum Gasteiger partial charge on any atom is -0.381 e. The number of hydrogen-bond acceptors (Lipinski definition) is 4. The molecule has 0 amide bonds. The molecule has 0 spiro atoms. The molecule has 96 valence electrons. The molecular weight excluding hydrogens is 214 g/mol. The quantitative estimate of drug-likeness (QED) is 0.701. The third-order valence-corrected chi connectivity index (χ3v) is 2.55. The fraction of sp³-hybridized carbons (Fsp3) is 0.692. The molecule has 1 aromatic rings. The largest absolute Gasteiger partial charge is 0.381 e. The Morgan fingerprint density at radius 3 is 2.82 bits per heavy atom. The predicted molar refractivity (Wildman–Crippen MR) is 69.0 cm³/mol. The van der Waals surface area contributed by atoms with Gasteiger partial charge in [0.05, 0.1) is 6.61 Å². The number of aryl methyl sites for hydroxylation is 1. The molecule has 4 heteroatoms. The summed E-state index contributed by atoms with van der Waals surface area (Å²) in [7, 11) is 0. The molecule has 0 saturated heterocycles. The maximum absolute atomic E-state index is 5.29. The Bertz CT molecular complexity index is 328.